The molecule has 1 amide bonds. The van der Waals surface area contributed by atoms with E-state index < -0.39 is 40.0 Å². The van der Waals surface area contributed by atoms with Crippen molar-refractivity contribution in [1.29, 1.82) is 0 Å². The molecule has 3 heterocycles. The molecule has 2 aromatic heterocycles. The first-order valence-corrected chi connectivity index (χ1v) is 12.2. The van der Waals surface area contributed by atoms with Gasteiger partial charge in [0.2, 0.25) is 12.4 Å². The number of sulfone groups is 1. The van der Waals surface area contributed by atoms with Crippen LogP contribution in [0.4, 0.5) is 13.2 Å². The van der Waals surface area contributed by atoms with Crippen LogP contribution in [0.1, 0.15) is 17.4 Å². The molecule has 0 N–H and O–H groups in total. The molecule has 13 heteroatoms. The molecule has 1 saturated heterocycles. The van der Waals surface area contributed by atoms with Gasteiger partial charge in [0.25, 0.3) is 11.8 Å². The molecular weight excluding hydrogens is 489 g/mol. The Morgan fingerprint density at radius 1 is 1.26 bits per heavy atom. The van der Waals surface area contributed by atoms with Gasteiger partial charge in [0.1, 0.15) is 30.2 Å². The molecule has 1 aliphatic rings. The summed E-state index contributed by atoms with van der Waals surface area (Å²) < 4.78 is 72.4. The Kier molecular flexibility index (Phi) is 6.45. The Morgan fingerprint density at radius 3 is 2.69 bits per heavy atom. The van der Waals surface area contributed by atoms with E-state index in [9.17, 15) is 26.4 Å². The normalized spacial score (nSPS) is 15.3. The second-order valence-corrected chi connectivity index (χ2v) is 10.3. The van der Waals surface area contributed by atoms with Crippen molar-refractivity contribution >= 4 is 15.7 Å². The van der Waals surface area contributed by atoms with E-state index in [-0.39, 0.29) is 35.0 Å². The molecule has 0 atom stereocenters. The van der Waals surface area contributed by atoms with E-state index in [1.807, 2.05) is 0 Å². The predicted octanol–water partition coefficient (Wildman–Crippen LogP) is 1.89. The first-order chi connectivity index (χ1) is 16.4. The van der Waals surface area contributed by atoms with E-state index in [4.69, 9.17) is 9.57 Å². The highest BCUT2D eigenvalue weighted by molar-refractivity contribution is 7.91. The third-order valence-corrected chi connectivity index (χ3v) is 6.62. The zero-order valence-electron chi connectivity index (χ0n) is 18.8. The second-order valence-electron chi connectivity index (χ2n) is 8.11. The lowest BCUT2D eigenvalue weighted by molar-refractivity contribution is -0.885. The van der Waals surface area contributed by atoms with Crippen molar-refractivity contribution in [2.24, 2.45) is 0 Å². The molecule has 1 aromatic carbocycles. The molecule has 0 unspecified atom stereocenters. The molecule has 0 aliphatic carbocycles. The van der Waals surface area contributed by atoms with E-state index in [1.54, 1.807) is 24.5 Å². The van der Waals surface area contributed by atoms with Gasteiger partial charge in [-0.15, -0.1) is 0 Å². The van der Waals surface area contributed by atoms with Gasteiger partial charge in [-0.05, 0) is 24.3 Å². The average Bonchev–Trinajstić information content (AvgIpc) is 3.40. The fourth-order valence-corrected chi connectivity index (χ4v) is 4.86. The number of aromatic nitrogens is 3. The highest BCUT2D eigenvalue weighted by Gasteiger charge is 2.32. The highest BCUT2D eigenvalue weighted by Crippen LogP contribution is 2.30. The molecule has 4 rings (SSSR count). The van der Waals surface area contributed by atoms with E-state index in [0.29, 0.717) is 12.6 Å². The van der Waals surface area contributed by atoms with Gasteiger partial charge in [0, 0.05) is 35.9 Å². The molecule has 35 heavy (non-hydrogen) atoms. The van der Waals surface area contributed by atoms with Crippen molar-refractivity contribution < 1.29 is 40.7 Å². The van der Waals surface area contributed by atoms with Gasteiger partial charge in [-0.3, -0.25) is 9.63 Å². The monoisotopic (exact) mass is 511 g/mol. The minimum absolute atomic E-state index is 0.0293. The summed E-state index contributed by atoms with van der Waals surface area (Å²) in [5.41, 5.74) is 0.811. The molecular formula is C22H22F3N4O5S+. The lowest BCUT2D eigenvalue weighted by Gasteiger charge is -2.13. The topological polar surface area (TPSA) is 94.6 Å². The number of ether oxygens (including phenoxy) is 1. The summed E-state index contributed by atoms with van der Waals surface area (Å²) in [6.45, 7) is -0.240. The summed E-state index contributed by atoms with van der Waals surface area (Å²) >= 11 is 0. The Morgan fingerprint density at radius 2 is 2.03 bits per heavy atom. The number of nitrogens with zero attached hydrogens (tertiary/aromatic N) is 4. The summed E-state index contributed by atoms with van der Waals surface area (Å²) in [4.78, 5) is 19.3. The Hall–Kier alpha value is -3.61. The summed E-state index contributed by atoms with van der Waals surface area (Å²) in [5, 5.41) is 4.35. The summed E-state index contributed by atoms with van der Waals surface area (Å²) in [6, 6.07) is 8.16. The van der Waals surface area contributed by atoms with E-state index in [1.165, 1.54) is 28.7 Å². The van der Waals surface area contributed by atoms with Crippen molar-refractivity contribution in [3.8, 4) is 22.7 Å². The largest absolute Gasteiger partial charge is 0.487 e. The number of rotatable bonds is 7. The number of pyridine rings is 1. The van der Waals surface area contributed by atoms with Crippen LogP contribution in [-0.4, -0.2) is 66.8 Å². The van der Waals surface area contributed by atoms with Gasteiger partial charge in [-0.1, -0.05) is 0 Å². The van der Waals surface area contributed by atoms with E-state index >= 15 is 0 Å². The van der Waals surface area contributed by atoms with Crippen molar-refractivity contribution in [3.63, 3.8) is 0 Å². The SMILES string of the molecule is CO[n+]1cccc(-n2nc(C(=O)N3CCS(=O)(=O)C3)cc2-c2cc(F)cc(OCC(C)(F)F)c2)c1. The zero-order valence-corrected chi connectivity index (χ0v) is 19.6. The van der Waals surface area contributed by atoms with Gasteiger partial charge in [0.15, 0.2) is 22.1 Å². The first kappa shape index (κ1) is 24.5. The van der Waals surface area contributed by atoms with Crippen LogP contribution in [0.15, 0.2) is 48.8 Å². The van der Waals surface area contributed by atoms with Crippen LogP contribution >= 0.6 is 0 Å². The van der Waals surface area contributed by atoms with Gasteiger partial charge in [-0.2, -0.15) is 5.10 Å². The molecule has 1 fully saturated rings. The molecule has 1 aliphatic heterocycles. The van der Waals surface area contributed by atoms with Crippen LogP contribution in [0.5, 0.6) is 5.75 Å². The van der Waals surface area contributed by atoms with Crippen molar-refractivity contribution in [3.05, 3.63) is 60.3 Å². The fraction of sp³-hybridized carbons (Fsp3) is 0.318. The number of hydrogen-bond acceptors (Lipinski definition) is 6. The van der Waals surface area contributed by atoms with Crippen LogP contribution in [0.2, 0.25) is 0 Å². The molecule has 0 spiro atoms. The number of carbonyl (C=O) groups is 1. The lowest BCUT2D eigenvalue weighted by Crippen LogP contribution is -2.39. The number of benzene rings is 1. The number of carbonyl (C=O) groups excluding carboxylic acids is 1. The first-order valence-electron chi connectivity index (χ1n) is 10.4. The Balaban J connectivity index is 1.79. The maximum absolute atomic E-state index is 14.4. The number of alkyl halides is 2. The number of halogens is 3. The quantitative estimate of drug-likeness (QED) is 0.450. The smallest absolute Gasteiger partial charge is 0.278 e. The van der Waals surface area contributed by atoms with Gasteiger partial charge in [-0.25, -0.2) is 26.3 Å². The van der Waals surface area contributed by atoms with E-state index in [2.05, 4.69) is 5.10 Å². The number of hydrogen-bond donors (Lipinski definition) is 0. The molecule has 3 aromatic rings. The molecule has 9 nitrogen and oxygen atoms in total. The predicted molar refractivity (Wildman–Crippen MR) is 117 cm³/mol. The van der Waals surface area contributed by atoms with Crippen LogP contribution in [0.25, 0.3) is 16.9 Å². The highest BCUT2D eigenvalue weighted by atomic mass is 32.2. The third-order valence-electron chi connectivity index (χ3n) is 5.11. The minimum atomic E-state index is -3.37. The van der Waals surface area contributed by atoms with Gasteiger partial charge < -0.3 is 9.64 Å². The van der Waals surface area contributed by atoms with Gasteiger partial charge in [0.05, 0.1) is 11.4 Å². The fourth-order valence-electron chi connectivity index (χ4n) is 3.51. The van der Waals surface area contributed by atoms with Crippen LogP contribution in [0, 0.1) is 5.82 Å². The molecule has 0 saturated carbocycles. The summed E-state index contributed by atoms with van der Waals surface area (Å²) in [5.74, 6) is -5.18. The van der Waals surface area contributed by atoms with Crippen LogP contribution in [-0.2, 0) is 9.84 Å². The minimum Gasteiger partial charge on any atom is -0.487 e. The maximum Gasteiger partial charge on any atom is 0.278 e. The Labute approximate surface area is 199 Å². The van der Waals surface area contributed by atoms with E-state index in [0.717, 1.165) is 17.0 Å². The third kappa shape index (κ3) is 5.73. The molecule has 186 valence electrons. The summed E-state index contributed by atoms with van der Waals surface area (Å²) in [6.07, 6.45) is 3.17. The summed E-state index contributed by atoms with van der Waals surface area (Å²) in [7, 11) is -1.93. The molecule has 0 radical (unpaired) electrons. The standard InChI is InChI=1S/C22H22F3N4O5S/c1-22(24,25)13-34-18-9-15(8-16(23)10-18)20-11-19(21(30)27-6-7-35(31,32)14-27)26-29(20)17-4-3-5-28(12-17)33-2/h3-5,8-12H,6-7,13-14H2,1-2H3/q+1. The Bertz CT molecular complexity index is 1370. The van der Waals surface area contributed by atoms with Crippen LogP contribution < -0.4 is 14.3 Å². The molecule has 0 bridgehead atoms. The number of amides is 1. The maximum atomic E-state index is 14.4. The zero-order chi connectivity index (χ0) is 25.4. The van der Waals surface area contributed by atoms with Crippen molar-refractivity contribution in [2.75, 3.05) is 31.9 Å². The van der Waals surface area contributed by atoms with Gasteiger partial charge >= 0.3 is 0 Å². The average molecular weight is 512 g/mol. The van der Waals surface area contributed by atoms with Crippen molar-refractivity contribution in [1.82, 2.24) is 14.7 Å². The second kappa shape index (κ2) is 9.21. The van der Waals surface area contributed by atoms with Crippen LogP contribution in [0.3, 0.4) is 0 Å². The lowest BCUT2D eigenvalue weighted by atomic mass is 10.1. The van der Waals surface area contributed by atoms with Crippen molar-refractivity contribution in [2.45, 2.75) is 12.8 Å².